The van der Waals surface area contributed by atoms with Crippen molar-refractivity contribution >= 4 is 15.9 Å². The molecule has 2 aromatic rings. The fourth-order valence-corrected chi connectivity index (χ4v) is 2.88. The number of hydrazine groups is 1. The molecule has 3 N–H and O–H groups in total. The molecule has 112 valence electrons. The second-order valence-electron chi connectivity index (χ2n) is 4.96. The summed E-state index contributed by atoms with van der Waals surface area (Å²) >= 11 is 3.26. The number of hydrogen-bond donors (Lipinski definition) is 2. The number of rotatable bonds is 4. The number of methoxy groups -OCH3 is 1. The molecule has 2 aromatic carbocycles. The lowest BCUT2D eigenvalue weighted by atomic mass is 9.93. The third-order valence-electron chi connectivity index (χ3n) is 3.44. The molecule has 0 aliphatic heterocycles. The van der Waals surface area contributed by atoms with E-state index in [2.05, 4.69) is 21.4 Å². The van der Waals surface area contributed by atoms with E-state index in [0.29, 0.717) is 15.8 Å². The van der Waals surface area contributed by atoms with Crippen molar-refractivity contribution in [3.63, 3.8) is 0 Å². The highest BCUT2D eigenvalue weighted by molar-refractivity contribution is 9.10. The Bertz CT molecular complexity index is 661. The van der Waals surface area contributed by atoms with Crippen molar-refractivity contribution < 1.29 is 9.13 Å². The normalized spacial score (nSPS) is 12.3. The molecule has 0 fully saturated rings. The summed E-state index contributed by atoms with van der Waals surface area (Å²) < 4.78 is 20.4. The van der Waals surface area contributed by atoms with Crippen molar-refractivity contribution in [3.05, 3.63) is 62.9 Å². The molecule has 0 heterocycles. The van der Waals surface area contributed by atoms with Gasteiger partial charge >= 0.3 is 0 Å². The molecule has 2 rings (SSSR count). The number of ether oxygens (including phenoxy) is 1. The van der Waals surface area contributed by atoms with Gasteiger partial charge in [0.05, 0.1) is 13.2 Å². The highest BCUT2D eigenvalue weighted by atomic mass is 79.9. The summed E-state index contributed by atoms with van der Waals surface area (Å²) in [6, 6.07) is 8.40. The van der Waals surface area contributed by atoms with Crippen LogP contribution in [0.3, 0.4) is 0 Å². The van der Waals surface area contributed by atoms with Crippen LogP contribution in [0, 0.1) is 19.7 Å². The van der Waals surface area contributed by atoms with Crippen molar-refractivity contribution in [2.45, 2.75) is 19.9 Å². The van der Waals surface area contributed by atoms with Crippen LogP contribution in [0.2, 0.25) is 0 Å². The molecule has 0 saturated carbocycles. The molecule has 0 spiro atoms. The number of hydrogen-bond acceptors (Lipinski definition) is 3. The number of halogens is 2. The molecule has 1 unspecified atom stereocenters. The molecular weight excluding hydrogens is 335 g/mol. The van der Waals surface area contributed by atoms with E-state index in [-0.39, 0.29) is 5.82 Å². The molecule has 0 saturated heterocycles. The van der Waals surface area contributed by atoms with Crippen LogP contribution < -0.4 is 16.0 Å². The molecule has 0 aliphatic carbocycles. The first-order chi connectivity index (χ1) is 9.97. The van der Waals surface area contributed by atoms with Gasteiger partial charge in [-0.1, -0.05) is 28.1 Å². The van der Waals surface area contributed by atoms with Crippen LogP contribution in [0.15, 0.2) is 34.8 Å². The van der Waals surface area contributed by atoms with Crippen molar-refractivity contribution in [2.75, 3.05) is 7.11 Å². The molecule has 1 atom stereocenters. The minimum absolute atomic E-state index is 0.325. The molecule has 21 heavy (non-hydrogen) atoms. The highest BCUT2D eigenvalue weighted by Gasteiger charge is 2.22. The summed E-state index contributed by atoms with van der Waals surface area (Å²) in [4.78, 5) is 0. The predicted molar refractivity (Wildman–Crippen MR) is 85.7 cm³/mol. The monoisotopic (exact) mass is 352 g/mol. The quantitative estimate of drug-likeness (QED) is 0.650. The second-order valence-corrected chi connectivity index (χ2v) is 5.88. The molecular formula is C16H18BrFN2O. The number of benzene rings is 2. The van der Waals surface area contributed by atoms with Crippen molar-refractivity contribution in [1.29, 1.82) is 0 Å². The van der Waals surface area contributed by atoms with E-state index < -0.39 is 6.04 Å². The second kappa shape index (κ2) is 6.56. The topological polar surface area (TPSA) is 47.3 Å². The number of nitrogens with two attached hydrogens (primary N) is 1. The Morgan fingerprint density at radius 3 is 2.52 bits per heavy atom. The van der Waals surface area contributed by atoms with E-state index in [4.69, 9.17) is 10.6 Å². The fourth-order valence-electron chi connectivity index (χ4n) is 2.54. The zero-order chi connectivity index (χ0) is 15.6. The Kier molecular flexibility index (Phi) is 4.98. The van der Waals surface area contributed by atoms with Crippen molar-refractivity contribution in [2.24, 2.45) is 5.84 Å². The average molecular weight is 353 g/mol. The Morgan fingerprint density at radius 2 is 1.95 bits per heavy atom. The maximum atomic E-state index is 14.3. The van der Waals surface area contributed by atoms with Gasteiger partial charge in [-0.15, -0.1) is 0 Å². The molecule has 0 aliphatic rings. The first-order valence-electron chi connectivity index (χ1n) is 6.54. The van der Waals surface area contributed by atoms with E-state index in [1.165, 1.54) is 6.07 Å². The van der Waals surface area contributed by atoms with Crippen LogP contribution in [0.4, 0.5) is 4.39 Å². The molecule has 0 radical (unpaired) electrons. The zero-order valence-electron chi connectivity index (χ0n) is 12.2. The van der Waals surface area contributed by atoms with Crippen LogP contribution in [-0.4, -0.2) is 7.11 Å². The lowest BCUT2D eigenvalue weighted by Gasteiger charge is -2.23. The molecule has 5 heteroatoms. The van der Waals surface area contributed by atoms with Gasteiger partial charge < -0.3 is 4.74 Å². The van der Waals surface area contributed by atoms with E-state index in [0.717, 1.165) is 16.7 Å². The van der Waals surface area contributed by atoms with Crippen molar-refractivity contribution in [3.8, 4) is 5.75 Å². The van der Waals surface area contributed by atoms with E-state index in [1.54, 1.807) is 19.2 Å². The standard InChI is InChI=1S/C16H18BrFN2O/c1-9-6-10(2)15(14(7-9)21-3)16(20-19)12-5-4-11(17)8-13(12)18/h4-8,16,20H,19H2,1-3H3. The maximum absolute atomic E-state index is 14.3. The summed E-state index contributed by atoms with van der Waals surface area (Å²) in [5.41, 5.74) is 6.09. The third-order valence-corrected chi connectivity index (χ3v) is 3.94. The third kappa shape index (κ3) is 3.26. The molecule has 0 bridgehead atoms. The Balaban J connectivity index is 2.61. The summed E-state index contributed by atoms with van der Waals surface area (Å²) in [7, 11) is 1.60. The number of aryl methyl sites for hydroxylation is 2. The molecule has 3 nitrogen and oxygen atoms in total. The minimum atomic E-state index is -0.478. The minimum Gasteiger partial charge on any atom is -0.496 e. The maximum Gasteiger partial charge on any atom is 0.129 e. The van der Waals surface area contributed by atoms with Gasteiger partial charge in [0.2, 0.25) is 0 Å². The SMILES string of the molecule is COc1cc(C)cc(C)c1C(NN)c1ccc(Br)cc1F. The van der Waals surface area contributed by atoms with Gasteiger partial charge in [-0.3, -0.25) is 5.84 Å². The molecule has 0 aromatic heterocycles. The lowest BCUT2D eigenvalue weighted by molar-refractivity contribution is 0.402. The summed E-state index contributed by atoms with van der Waals surface area (Å²) in [5, 5.41) is 0. The summed E-state index contributed by atoms with van der Waals surface area (Å²) in [6.07, 6.45) is 0. The van der Waals surface area contributed by atoms with Crippen LogP contribution in [-0.2, 0) is 0 Å². The van der Waals surface area contributed by atoms with Gasteiger partial charge in [0, 0.05) is 15.6 Å². The van der Waals surface area contributed by atoms with Gasteiger partial charge in [-0.2, -0.15) is 0 Å². The zero-order valence-corrected chi connectivity index (χ0v) is 13.8. The Morgan fingerprint density at radius 1 is 1.24 bits per heavy atom. The Hall–Kier alpha value is -1.43. The lowest BCUT2D eigenvalue weighted by Crippen LogP contribution is -2.30. The summed E-state index contributed by atoms with van der Waals surface area (Å²) in [5.74, 6) is 6.06. The van der Waals surface area contributed by atoms with Crippen molar-refractivity contribution in [1.82, 2.24) is 5.43 Å². The smallest absolute Gasteiger partial charge is 0.129 e. The number of nitrogens with one attached hydrogen (secondary N) is 1. The summed E-state index contributed by atoms with van der Waals surface area (Å²) in [6.45, 7) is 3.95. The van der Waals surface area contributed by atoms with E-state index in [9.17, 15) is 4.39 Å². The van der Waals surface area contributed by atoms with E-state index >= 15 is 0 Å². The average Bonchev–Trinajstić information content (AvgIpc) is 2.42. The van der Waals surface area contributed by atoms with Gasteiger partial charge in [0.15, 0.2) is 0 Å². The van der Waals surface area contributed by atoms with Gasteiger partial charge in [0.25, 0.3) is 0 Å². The van der Waals surface area contributed by atoms with Crippen LogP contribution in [0.5, 0.6) is 5.75 Å². The van der Waals surface area contributed by atoms with Gasteiger partial charge in [-0.25, -0.2) is 9.82 Å². The fraction of sp³-hybridized carbons (Fsp3) is 0.250. The highest BCUT2D eigenvalue weighted by Crippen LogP contribution is 2.35. The van der Waals surface area contributed by atoms with E-state index in [1.807, 2.05) is 26.0 Å². The first-order valence-corrected chi connectivity index (χ1v) is 7.33. The van der Waals surface area contributed by atoms with Crippen LogP contribution >= 0.6 is 15.9 Å². The molecule has 0 amide bonds. The van der Waals surface area contributed by atoms with Crippen LogP contribution in [0.1, 0.15) is 28.3 Å². The Labute approximate surface area is 132 Å². The predicted octanol–water partition coefficient (Wildman–Crippen LogP) is 3.77. The largest absolute Gasteiger partial charge is 0.496 e. The first kappa shape index (κ1) is 15.9. The van der Waals surface area contributed by atoms with Gasteiger partial charge in [-0.05, 0) is 43.2 Å². The van der Waals surface area contributed by atoms with Crippen LogP contribution in [0.25, 0.3) is 0 Å². The van der Waals surface area contributed by atoms with Gasteiger partial charge in [0.1, 0.15) is 11.6 Å².